The Balaban J connectivity index is 1.55. The van der Waals surface area contributed by atoms with Crippen molar-refractivity contribution in [2.24, 2.45) is 11.5 Å². The van der Waals surface area contributed by atoms with Crippen LogP contribution in [0, 0.1) is 5.82 Å². The van der Waals surface area contributed by atoms with Gasteiger partial charge in [-0.15, -0.1) is 0 Å². The summed E-state index contributed by atoms with van der Waals surface area (Å²) >= 11 is 0. The number of hydrogen-bond acceptors (Lipinski definition) is 7. The Kier molecular flexibility index (Phi) is 6.16. The highest BCUT2D eigenvalue weighted by Crippen LogP contribution is 2.38. The van der Waals surface area contributed by atoms with Crippen LogP contribution in [0.1, 0.15) is 17.4 Å². The maximum atomic E-state index is 13.5. The Morgan fingerprint density at radius 2 is 1.75 bits per heavy atom. The number of anilines is 1. The number of benzene rings is 2. The molecule has 2 aromatic heterocycles. The Morgan fingerprint density at radius 3 is 2.44 bits per heavy atom. The van der Waals surface area contributed by atoms with E-state index >= 15 is 0 Å². The minimum Gasteiger partial charge on any atom is -0.337 e. The lowest BCUT2D eigenvalue weighted by Gasteiger charge is -2.46. The van der Waals surface area contributed by atoms with Gasteiger partial charge in [0.05, 0.1) is 29.3 Å². The highest BCUT2D eigenvalue weighted by atomic mass is 19.4. The Bertz CT molecular complexity index is 1340. The van der Waals surface area contributed by atoms with E-state index < -0.39 is 31.0 Å². The molecule has 0 bridgehead atoms. The summed E-state index contributed by atoms with van der Waals surface area (Å²) in [5, 5.41) is 4.12. The van der Waals surface area contributed by atoms with Crippen LogP contribution in [0.2, 0.25) is 0 Å². The molecule has 1 aliphatic rings. The number of nitrogens with zero attached hydrogens (tertiary/aromatic N) is 6. The van der Waals surface area contributed by atoms with E-state index in [1.807, 2.05) is 24.3 Å². The zero-order valence-electron chi connectivity index (χ0n) is 18.8. The van der Waals surface area contributed by atoms with E-state index in [9.17, 15) is 17.6 Å². The molecule has 0 aliphatic carbocycles. The van der Waals surface area contributed by atoms with Crippen molar-refractivity contribution in [3.63, 3.8) is 0 Å². The molecular weight excluding hydrogens is 476 g/mol. The summed E-state index contributed by atoms with van der Waals surface area (Å²) in [6, 6.07) is 16.5. The number of rotatable bonds is 5. The van der Waals surface area contributed by atoms with Gasteiger partial charge in [0.25, 0.3) is 0 Å². The van der Waals surface area contributed by atoms with Crippen LogP contribution in [0.3, 0.4) is 0 Å². The fourth-order valence-electron chi connectivity index (χ4n) is 4.27. The van der Waals surface area contributed by atoms with E-state index in [1.165, 1.54) is 18.5 Å². The molecule has 2 atom stereocenters. The summed E-state index contributed by atoms with van der Waals surface area (Å²) < 4.78 is 55.4. The lowest BCUT2D eigenvalue weighted by Crippen LogP contribution is -2.62. The van der Waals surface area contributed by atoms with Gasteiger partial charge in [-0.1, -0.05) is 12.1 Å². The van der Waals surface area contributed by atoms with Crippen molar-refractivity contribution in [3.05, 3.63) is 90.4 Å². The molecule has 2 unspecified atom stereocenters. The first-order valence-electron chi connectivity index (χ1n) is 11.0. The summed E-state index contributed by atoms with van der Waals surface area (Å²) in [4.78, 5) is 11.1. The second kappa shape index (κ2) is 9.30. The van der Waals surface area contributed by atoms with Crippen molar-refractivity contribution >= 4 is 5.69 Å². The van der Waals surface area contributed by atoms with Crippen LogP contribution in [0.25, 0.3) is 16.9 Å². The van der Waals surface area contributed by atoms with Gasteiger partial charge in [0.1, 0.15) is 30.9 Å². The molecule has 186 valence electrons. The molecule has 0 saturated carbocycles. The van der Waals surface area contributed by atoms with Crippen LogP contribution < -0.4 is 16.4 Å². The SMILES string of the molecule is NC1c2nc(-c3ccc(F)cc3)ccc2N(Cc2cccc(-n3cncn3)c2)C(N)N1CC(F)(F)F. The lowest BCUT2D eigenvalue weighted by atomic mass is 10.1. The largest absolute Gasteiger partial charge is 0.401 e. The first-order valence-corrected chi connectivity index (χ1v) is 11.0. The van der Waals surface area contributed by atoms with E-state index in [4.69, 9.17) is 11.5 Å². The van der Waals surface area contributed by atoms with Gasteiger partial charge in [-0.2, -0.15) is 18.3 Å². The van der Waals surface area contributed by atoms with Crippen molar-refractivity contribution in [1.82, 2.24) is 24.6 Å². The molecule has 8 nitrogen and oxygen atoms in total. The van der Waals surface area contributed by atoms with E-state index in [0.29, 0.717) is 16.9 Å². The predicted molar refractivity (Wildman–Crippen MR) is 125 cm³/mol. The van der Waals surface area contributed by atoms with Gasteiger partial charge in [-0.3, -0.25) is 5.73 Å². The van der Waals surface area contributed by atoms with Gasteiger partial charge in [0.15, 0.2) is 0 Å². The van der Waals surface area contributed by atoms with Gasteiger partial charge in [0.2, 0.25) is 0 Å². The molecule has 1 aliphatic heterocycles. The highest BCUT2D eigenvalue weighted by Gasteiger charge is 2.42. The Hall–Kier alpha value is -3.87. The second-order valence-corrected chi connectivity index (χ2v) is 8.39. The van der Waals surface area contributed by atoms with Crippen LogP contribution in [-0.2, 0) is 6.54 Å². The molecule has 2 aromatic carbocycles. The van der Waals surface area contributed by atoms with Crippen molar-refractivity contribution < 1.29 is 17.6 Å². The van der Waals surface area contributed by atoms with Crippen LogP contribution in [0.5, 0.6) is 0 Å². The quantitative estimate of drug-likeness (QED) is 0.406. The minimum absolute atomic E-state index is 0.190. The van der Waals surface area contributed by atoms with Crippen molar-refractivity contribution in [1.29, 1.82) is 0 Å². The number of alkyl halides is 3. The van der Waals surface area contributed by atoms with Crippen LogP contribution in [-0.4, -0.2) is 43.7 Å². The van der Waals surface area contributed by atoms with Crippen LogP contribution in [0.15, 0.2) is 73.3 Å². The molecule has 36 heavy (non-hydrogen) atoms. The Morgan fingerprint density at radius 1 is 0.972 bits per heavy atom. The summed E-state index contributed by atoms with van der Waals surface area (Å²) in [5.41, 5.74) is 16.0. The average Bonchev–Trinajstić information content (AvgIpc) is 3.39. The fraction of sp³-hybridized carbons (Fsp3) is 0.208. The summed E-state index contributed by atoms with van der Waals surface area (Å²) in [6.45, 7) is -1.12. The third-order valence-electron chi connectivity index (χ3n) is 5.96. The number of nitrogens with two attached hydrogens (primary N) is 2. The topological polar surface area (TPSA) is 102 Å². The maximum absolute atomic E-state index is 13.5. The van der Waals surface area contributed by atoms with E-state index in [1.54, 1.807) is 40.2 Å². The third-order valence-corrected chi connectivity index (χ3v) is 5.96. The first kappa shape index (κ1) is 23.9. The number of aromatic nitrogens is 4. The molecule has 12 heteroatoms. The summed E-state index contributed by atoms with van der Waals surface area (Å²) in [6.07, 6.45) is -3.94. The molecule has 3 heterocycles. The standard InChI is InChI=1S/C24H22F4N8/c25-17-6-4-16(5-7-17)19-8-9-20-21(33-19)22(29)35(12-24(26,27)28)23(30)34(20)11-15-2-1-3-18(10-15)36-14-31-13-32-36/h1-10,13-14,22-23H,11-12,29-30H2. The van der Waals surface area contributed by atoms with E-state index in [2.05, 4.69) is 15.1 Å². The second-order valence-electron chi connectivity index (χ2n) is 8.39. The number of fused-ring (bicyclic) bond motifs is 1. The average molecular weight is 498 g/mol. The van der Waals surface area contributed by atoms with Crippen LogP contribution >= 0.6 is 0 Å². The number of hydrogen-bond donors (Lipinski definition) is 2. The first-order chi connectivity index (χ1) is 17.2. The summed E-state index contributed by atoms with van der Waals surface area (Å²) in [5.74, 6) is -0.407. The summed E-state index contributed by atoms with van der Waals surface area (Å²) in [7, 11) is 0. The molecule has 0 radical (unpaired) electrons. The third kappa shape index (κ3) is 4.78. The van der Waals surface area contributed by atoms with Gasteiger partial charge >= 0.3 is 6.18 Å². The predicted octanol–water partition coefficient (Wildman–Crippen LogP) is 3.55. The molecule has 0 spiro atoms. The molecule has 0 saturated heterocycles. The smallest absolute Gasteiger partial charge is 0.337 e. The lowest BCUT2D eigenvalue weighted by molar-refractivity contribution is -0.158. The Labute approximate surface area is 203 Å². The number of halogens is 4. The highest BCUT2D eigenvalue weighted by molar-refractivity contribution is 5.65. The molecule has 5 rings (SSSR count). The van der Waals surface area contributed by atoms with Crippen molar-refractivity contribution in [2.75, 3.05) is 11.4 Å². The van der Waals surface area contributed by atoms with Crippen LogP contribution in [0.4, 0.5) is 23.2 Å². The van der Waals surface area contributed by atoms with Gasteiger partial charge in [0, 0.05) is 12.1 Å². The van der Waals surface area contributed by atoms with Gasteiger partial charge in [-0.05, 0) is 54.1 Å². The van der Waals surface area contributed by atoms with Gasteiger partial charge < -0.3 is 10.6 Å². The van der Waals surface area contributed by atoms with Crippen molar-refractivity contribution in [3.8, 4) is 16.9 Å². The zero-order valence-corrected chi connectivity index (χ0v) is 18.8. The fourth-order valence-corrected chi connectivity index (χ4v) is 4.27. The maximum Gasteiger partial charge on any atom is 0.401 e. The molecule has 4 aromatic rings. The minimum atomic E-state index is -4.53. The zero-order chi connectivity index (χ0) is 25.4. The molecule has 0 fully saturated rings. The molecule has 4 N–H and O–H groups in total. The normalized spacial score (nSPS) is 18.3. The number of pyridine rings is 1. The monoisotopic (exact) mass is 498 g/mol. The van der Waals surface area contributed by atoms with Crippen molar-refractivity contribution in [2.45, 2.75) is 25.2 Å². The molecular formula is C24H22F4N8. The van der Waals surface area contributed by atoms with E-state index in [-0.39, 0.29) is 12.2 Å². The van der Waals surface area contributed by atoms with Gasteiger partial charge in [-0.25, -0.2) is 23.9 Å². The molecule has 0 amide bonds. The van der Waals surface area contributed by atoms with E-state index in [0.717, 1.165) is 16.2 Å².